The van der Waals surface area contributed by atoms with Crippen LogP contribution in [0.5, 0.6) is 0 Å². The third kappa shape index (κ3) is 2.39. The topological polar surface area (TPSA) is 29.5 Å². The number of hydrogen-bond donors (Lipinski definition) is 0. The Bertz CT molecular complexity index is 445. The Morgan fingerprint density at radius 1 is 1.37 bits per heavy atom. The highest BCUT2D eigenvalue weighted by Gasteiger charge is 2.49. The fourth-order valence-electron chi connectivity index (χ4n) is 3.65. The maximum absolute atomic E-state index is 12.2. The van der Waals surface area contributed by atoms with E-state index in [1.165, 1.54) is 5.56 Å². The average Bonchev–Trinajstić information content (AvgIpc) is 3.01. The van der Waals surface area contributed by atoms with E-state index in [0.29, 0.717) is 18.6 Å². The number of carbonyl (C=O) groups is 1. The van der Waals surface area contributed by atoms with Gasteiger partial charge in [0.1, 0.15) is 0 Å². The molecule has 2 aliphatic heterocycles. The van der Waals surface area contributed by atoms with Gasteiger partial charge in [0.2, 0.25) is 0 Å². The molecule has 4 unspecified atom stereocenters. The molecule has 19 heavy (non-hydrogen) atoms. The van der Waals surface area contributed by atoms with Gasteiger partial charge in [-0.3, -0.25) is 9.69 Å². The lowest BCUT2D eigenvalue weighted by Gasteiger charge is -2.31. The molecular formula is C16H21NO2. The van der Waals surface area contributed by atoms with Crippen molar-refractivity contribution in [2.24, 2.45) is 11.8 Å². The Kier molecular flexibility index (Phi) is 3.56. The summed E-state index contributed by atoms with van der Waals surface area (Å²) in [6, 6.07) is 10.8. The summed E-state index contributed by atoms with van der Waals surface area (Å²) in [5.41, 5.74) is 1.31. The Morgan fingerprint density at radius 2 is 2.16 bits per heavy atom. The van der Waals surface area contributed by atoms with Gasteiger partial charge in [-0.2, -0.15) is 0 Å². The fraction of sp³-hybridized carbons (Fsp3) is 0.562. The largest absolute Gasteiger partial charge is 0.466 e. The average molecular weight is 259 g/mol. The summed E-state index contributed by atoms with van der Waals surface area (Å²) in [7, 11) is 0. The minimum atomic E-state index is 0.00984. The molecule has 0 aromatic heterocycles. The Hall–Kier alpha value is -1.35. The van der Waals surface area contributed by atoms with Crippen LogP contribution in [0, 0.1) is 11.8 Å². The summed E-state index contributed by atoms with van der Waals surface area (Å²) in [6.45, 7) is 4.58. The maximum atomic E-state index is 12.2. The number of piperidine rings is 1. The van der Waals surface area contributed by atoms with Gasteiger partial charge < -0.3 is 4.74 Å². The molecule has 0 saturated carbocycles. The third-order valence-corrected chi connectivity index (χ3v) is 4.49. The standard InChI is InChI=1S/C16H21NO2/c1-2-19-16(18)15-13-8-9-17(11-13)14(15)10-12-6-4-3-5-7-12/h3-7,13-15H,2,8-11H2,1H3. The number of carbonyl (C=O) groups excluding carboxylic acids is 1. The SMILES string of the molecule is CCOC(=O)C1C2CCN(C2)C1Cc1ccccc1. The summed E-state index contributed by atoms with van der Waals surface area (Å²) in [5.74, 6) is 0.595. The van der Waals surface area contributed by atoms with Crippen LogP contribution in [0.15, 0.2) is 30.3 Å². The molecule has 0 spiro atoms. The van der Waals surface area contributed by atoms with Gasteiger partial charge >= 0.3 is 5.97 Å². The van der Waals surface area contributed by atoms with Crippen LogP contribution in [0.2, 0.25) is 0 Å². The van der Waals surface area contributed by atoms with E-state index in [0.717, 1.165) is 25.9 Å². The first-order chi connectivity index (χ1) is 9.29. The van der Waals surface area contributed by atoms with Gasteiger partial charge in [-0.05, 0) is 37.8 Å². The van der Waals surface area contributed by atoms with E-state index < -0.39 is 0 Å². The minimum absolute atomic E-state index is 0.00984. The van der Waals surface area contributed by atoms with E-state index in [9.17, 15) is 4.79 Å². The number of benzene rings is 1. The summed E-state index contributed by atoms with van der Waals surface area (Å²) in [4.78, 5) is 14.7. The van der Waals surface area contributed by atoms with Gasteiger partial charge in [0.25, 0.3) is 0 Å². The van der Waals surface area contributed by atoms with Crippen molar-refractivity contribution < 1.29 is 9.53 Å². The van der Waals surface area contributed by atoms with Gasteiger partial charge in [0.15, 0.2) is 0 Å². The minimum Gasteiger partial charge on any atom is -0.466 e. The summed E-state index contributed by atoms with van der Waals surface area (Å²) in [5, 5.41) is 0. The van der Waals surface area contributed by atoms with E-state index in [2.05, 4.69) is 29.2 Å². The van der Waals surface area contributed by atoms with Crippen molar-refractivity contribution in [3.05, 3.63) is 35.9 Å². The van der Waals surface area contributed by atoms with Crippen LogP contribution in [-0.2, 0) is 16.0 Å². The zero-order valence-corrected chi connectivity index (χ0v) is 11.4. The number of esters is 1. The second-order valence-electron chi connectivity index (χ2n) is 5.58. The summed E-state index contributed by atoms with van der Waals surface area (Å²) < 4.78 is 5.28. The summed E-state index contributed by atoms with van der Waals surface area (Å²) >= 11 is 0. The number of hydrogen-bond acceptors (Lipinski definition) is 3. The van der Waals surface area contributed by atoms with Crippen LogP contribution in [0.25, 0.3) is 0 Å². The smallest absolute Gasteiger partial charge is 0.310 e. The van der Waals surface area contributed by atoms with Gasteiger partial charge in [-0.15, -0.1) is 0 Å². The Morgan fingerprint density at radius 3 is 2.89 bits per heavy atom. The molecule has 102 valence electrons. The monoisotopic (exact) mass is 259 g/mol. The zero-order chi connectivity index (χ0) is 13.2. The predicted molar refractivity (Wildman–Crippen MR) is 73.7 cm³/mol. The molecule has 0 aliphatic carbocycles. The third-order valence-electron chi connectivity index (χ3n) is 4.49. The van der Waals surface area contributed by atoms with Crippen molar-refractivity contribution >= 4 is 5.97 Å². The molecular weight excluding hydrogens is 238 g/mol. The highest BCUT2D eigenvalue weighted by molar-refractivity contribution is 5.74. The van der Waals surface area contributed by atoms with Gasteiger partial charge in [0.05, 0.1) is 12.5 Å². The van der Waals surface area contributed by atoms with Crippen LogP contribution in [0.1, 0.15) is 18.9 Å². The number of ether oxygens (including phenoxy) is 1. The van der Waals surface area contributed by atoms with Gasteiger partial charge in [-0.25, -0.2) is 0 Å². The first-order valence-electron chi connectivity index (χ1n) is 7.24. The van der Waals surface area contributed by atoms with Crippen molar-refractivity contribution in [1.82, 2.24) is 4.90 Å². The highest BCUT2D eigenvalue weighted by Crippen LogP contribution is 2.40. The lowest BCUT2D eigenvalue weighted by molar-refractivity contribution is -0.151. The maximum Gasteiger partial charge on any atom is 0.310 e. The zero-order valence-electron chi connectivity index (χ0n) is 11.4. The van der Waals surface area contributed by atoms with Crippen LogP contribution >= 0.6 is 0 Å². The predicted octanol–water partition coefficient (Wildman–Crippen LogP) is 2.11. The number of nitrogens with zero attached hydrogens (tertiary/aromatic N) is 1. The molecule has 0 radical (unpaired) electrons. The molecule has 2 heterocycles. The number of fused-ring (bicyclic) bond motifs is 2. The molecule has 3 nitrogen and oxygen atoms in total. The first-order valence-corrected chi connectivity index (χ1v) is 7.24. The van der Waals surface area contributed by atoms with Crippen molar-refractivity contribution in [3.63, 3.8) is 0 Å². The molecule has 2 fully saturated rings. The number of rotatable bonds is 4. The van der Waals surface area contributed by atoms with Crippen LogP contribution in [-0.4, -0.2) is 36.6 Å². The molecule has 2 bridgehead atoms. The van der Waals surface area contributed by atoms with Crippen molar-refractivity contribution in [2.45, 2.75) is 25.8 Å². The molecule has 3 heteroatoms. The second kappa shape index (κ2) is 5.33. The molecule has 1 aromatic carbocycles. The second-order valence-corrected chi connectivity index (χ2v) is 5.58. The van der Waals surface area contributed by atoms with E-state index in [1.807, 2.05) is 13.0 Å². The molecule has 1 aromatic rings. The first kappa shape index (κ1) is 12.7. The molecule has 2 saturated heterocycles. The lowest BCUT2D eigenvalue weighted by Crippen LogP contribution is -2.42. The van der Waals surface area contributed by atoms with Crippen molar-refractivity contribution in [2.75, 3.05) is 19.7 Å². The van der Waals surface area contributed by atoms with Crippen LogP contribution < -0.4 is 0 Å². The van der Waals surface area contributed by atoms with Crippen LogP contribution in [0.4, 0.5) is 0 Å². The van der Waals surface area contributed by atoms with E-state index >= 15 is 0 Å². The fourth-order valence-corrected chi connectivity index (χ4v) is 3.65. The Balaban J connectivity index is 1.76. The lowest BCUT2D eigenvalue weighted by atomic mass is 9.84. The van der Waals surface area contributed by atoms with E-state index in [1.54, 1.807) is 0 Å². The normalized spacial score (nSPS) is 32.5. The van der Waals surface area contributed by atoms with Crippen molar-refractivity contribution in [3.8, 4) is 0 Å². The van der Waals surface area contributed by atoms with Gasteiger partial charge in [0, 0.05) is 12.6 Å². The van der Waals surface area contributed by atoms with Crippen LogP contribution in [0.3, 0.4) is 0 Å². The quantitative estimate of drug-likeness (QED) is 0.776. The molecule has 0 N–H and O–H groups in total. The van der Waals surface area contributed by atoms with Gasteiger partial charge in [-0.1, -0.05) is 30.3 Å². The molecule has 0 amide bonds. The van der Waals surface area contributed by atoms with Crippen molar-refractivity contribution in [1.29, 1.82) is 0 Å². The summed E-state index contributed by atoms with van der Waals surface area (Å²) in [6.07, 6.45) is 2.11. The van der Waals surface area contributed by atoms with E-state index in [4.69, 9.17) is 4.74 Å². The Labute approximate surface area is 114 Å². The molecule has 4 atom stereocenters. The molecule has 3 rings (SSSR count). The molecule has 2 aliphatic rings. The van der Waals surface area contributed by atoms with E-state index in [-0.39, 0.29) is 11.9 Å². The highest BCUT2D eigenvalue weighted by atomic mass is 16.5.